The minimum absolute atomic E-state index is 0.191. The van der Waals surface area contributed by atoms with Gasteiger partial charge in [-0.25, -0.2) is 0 Å². The number of nitrogens with zero attached hydrogens (tertiary/aromatic N) is 2. The molecular weight excluding hydrogens is 283 g/mol. The van der Waals surface area contributed by atoms with Crippen LogP contribution in [-0.4, -0.2) is 22.2 Å². The molecule has 1 atom stereocenters. The summed E-state index contributed by atoms with van der Waals surface area (Å²) in [5, 5.41) is 7.39. The number of rotatable bonds is 6. The standard InChI is InChI=1S/C14H16F3N3O/c1-11(10-20-8-2-7-19-20)18-9-12-3-5-13(6-4-12)21-14(15,16)17/h2-8,11,18H,9-10H2,1H3. The topological polar surface area (TPSA) is 39.1 Å². The molecule has 0 saturated heterocycles. The van der Waals surface area contributed by atoms with Crippen molar-refractivity contribution in [3.8, 4) is 5.75 Å². The van der Waals surface area contributed by atoms with E-state index in [1.165, 1.54) is 12.1 Å². The number of hydrogen-bond acceptors (Lipinski definition) is 3. The summed E-state index contributed by atoms with van der Waals surface area (Å²) in [6.45, 7) is 3.31. The Balaban J connectivity index is 1.80. The monoisotopic (exact) mass is 299 g/mol. The first-order valence-corrected chi connectivity index (χ1v) is 6.48. The van der Waals surface area contributed by atoms with Gasteiger partial charge in [0.15, 0.2) is 0 Å². The van der Waals surface area contributed by atoms with Crippen LogP contribution in [0.25, 0.3) is 0 Å². The van der Waals surface area contributed by atoms with Crippen LogP contribution < -0.4 is 10.1 Å². The molecule has 4 nitrogen and oxygen atoms in total. The van der Waals surface area contributed by atoms with Crippen molar-refractivity contribution in [1.82, 2.24) is 15.1 Å². The summed E-state index contributed by atoms with van der Waals surface area (Å²) in [7, 11) is 0. The molecule has 0 bridgehead atoms. The third kappa shape index (κ3) is 5.47. The highest BCUT2D eigenvalue weighted by atomic mass is 19.4. The summed E-state index contributed by atoms with van der Waals surface area (Å²) >= 11 is 0. The molecule has 0 aliphatic carbocycles. The summed E-state index contributed by atoms with van der Waals surface area (Å²) in [6, 6.07) is 7.87. The van der Waals surface area contributed by atoms with E-state index in [-0.39, 0.29) is 11.8 Å². The van der Waals surface area contributed by atoms with Crippen molar-refractivity contribution in [1.29, 1.82) is 0 Å². The van der Waals surface area contributed by atoms with Crippen molar-refractivity contribution in [3.63, 3.8) is 0 Å². The maximum absolute atomic E-state index is 12.0. The molecule has 2 aromatic rings. The van der Waals surface area contributed by atoms with Gasteiger partial charge in [-0.1, -0.05) is 12.1 Å². The molecule has 21 heavy (non-hydrogen) atoms. The second-order valence-corrected chi connectivity index (χ2v) is 4.70. The van der Waals surface area contributed by atoms with Gasteiger partial charge in [0.2, 0.25) is 0 Å². The number of ether oxygens (including phenoxy) is 1. The molecule has 0 aliphatic rings. The molecule has 0 aliphatic heterocycles. The number of hydrogen-bond donors (Lipinski definition) is 1. The maximum atomic E-state index is 12.0. The number of halogens is 3. The van der Waals surface area contributed by atoms with Crippen LogP contribution in [0, 0.1) is 0 Å². The predicted octanol–water partition coefficient (Wildman–Crippen LogP) is 2.96. The summed E-state index contributed by atoms with van der Waals surface area (Å²) in [4.78, 5) is 0. The van der Waals surface area contributed by atoms with E-state index in [1.807, 2.05) is 23.9 Å². The summed E-state index contributed by atoms with van der Waals surface area (Å²) < 4.78 is 41.7. The van der Waals surface area contributed by atoms with Crippen LogP contribution in [0.1, 0.15) is 12.5 Å². The molecule has 1 heterocycles. The Morgan fingerprint density at radius 1 is 1.29 bits per heavy atom. The van der Waals surface area contributed by atoms with Gasteiger partial charge < -0.3 is 10.1 Å². The predicted molar refractivity (Wildman–Crippen MR) is 71.7 cm³/mol. The van der Waals surface area contributed by atoms with Gasteiger partial charge in [-0.3, -0.25) is 4.68 Å². The normalized spacial score (nSPS) is 13.1. The van der Waals surface area contributed by atoms with Crippen LogP contribution in [0.2, 0.25) is 0 Å². The zero-order valence-electron chi connectivity index (χ0n) is 11.5. The third-order valence-electron chi connectivity index (χ3n) is 2.83. The van der Waals surface area contributed by atoms with Crippen LogP contribution in [0.5, 0.6) is 5.75 Å². The lowest BCUT2D eigenvalue weighted by molar-refractivity contribution is -0.274. The van der Waals surface area contributed by atoms with E-state index in [1.54, 1.807) is 18.3 Å². The molecule has 0 fully saturated rings. The van der Waals surface area contributed by atoms with Gasteiger partial charge in [-0.05, 0) is 30.7 Å². The smallest absolute Gasteiger partial charge is 0.406 e. The van der Waals surface area contributed by atoms with Gasteiger partial charge in [-0.2, -0.15) is 5.10 Å². The lowest BCUT2D eigenvalue weighted by Crippen LogP contribution is -2.30. The lowest BCUT2D eigenvalue weighted by Gasteiger charge is -2.14. The Kier molecular flexibility index (Phi) is 4.85. The minimum atomic E-state index is -4.65. The molecule has 0 spiro atoms. The van der Waals surface area contributed by atoms with Gasteiger partial charge in [0, 0.05) is 25.0 Å². The van der Waals surface area contributed by atoms with Gasteiger partial charge in [0.1, 0.15) is 5.75 Å². The Hall–Kier alpha value is -2.02. The number of aromatic nitrogens is 2. The average molecular weight is 299 g/mol. The van der Waals surface area contributed by atoms with Gasteiger partial charge in [0.05, 0.1) is 6.54 Å². The number of nitrogens with one attached hydrogen (secondary N) is 1. The lowest BCUT2D eigenvalue weighted by atomic mass is 10.2. The second kappa shape index (κ2) is 6.62. The molecule has 114 valence electrons. The first-order valence-electron chi connectivity index (χ1n) is 6.48. The molecule has 7 heteroatoms. The first kappa shape index (κ1) is 15.4. The molecule has 1 unspecified atom stereocenters. The van der Waals surface area contributed by atoms with Crippen LogP contribution in [0.3, 0.4) is 0 Å². The molecule has 2 rings (SSSR count). The Morgan fingerprint density at radius 2 is 2.00 bits per heavy atom. The largest absolute Gasteiger partial charge is 0.573 e. The molecule has 0 amide bonds. The molecule has 1 N–H and O–H groups in total. The van der Waals surface area contributed by atoms with Gasteiger partial charge in [-0.15, -0.1) is 13.2 Å². The zero-order chi connectivity index (χ0) is 15.3. The van der Waals surface area contributed by atoms with E-state index in [4.69, 9.17) is 0 Å². The Bertz CT molecular complexity index is 538. The number of alkyl halides is 3. The van der Waals surface area contributed by atoms with Crippen molar-refractivity contribution in [2.75, 3.05) is 0 Å². The van der Waals surface area contributed by atoms with E-state index < -0.39 is 6.36 Å². The van der Waals surface area contributed by atoms with E-state index >= 15 is 0 Å². The molecule has 1 aromatic heterocycles. The summed E-state index contributed by atoms with van der Waals surface area (Å²) in [5.41, 5.74) is 0.886. The fourth-order valence-electron chi connectivity index (χ4n) is 1.85. The van der Waals surface area contributed by atoms with E-state index in [2.05, 4.69) is 15.2 Å². The maximum Gasteiger partial charge on any atom is 0.573 e. The Morgan fingerprint density at radius 3 is 2.57 bits per heavy atom. The van der Waals surface area contributed by atoms with Crippen LogP contribution >= 0.6 is 0 Å². The van der Waals surface area contributed by atoms with Crippen molar-refractivity contribution in [2.24, 2.45) is 0 Å². The van der Waals surface area contributed by atoms with E-state index in [9.17, 15) is 13.2 Å². The molecular formula is C14H16F3N3O. The molecule has 0 saturated carbocycles. The third-order valence-corrected chi connectivity index (χ3v) is 2.83. The fourth-order valence-corrected chi connectivity index (χ4v) is 1.85. The van der Waals surface area contributed by atoms with Crippen LogP contribution in [0.4, 0.5) is 13.2 Å². The zero-order valence-corrected chi connectivity index (χ0v) is 11.5. The highest BCUT2D eigenvalue weighted by molar-refractivity contribution is 5.27. The van der Waals surface area contributed by atoms with Crippen molar-refractivity contribution >= 4 is 0 Å². The van der Waals surface area contributed by atoms with Crippen LogP contribution in [-0.2, 0) is 13.1 Å². The number of benzene rings is 1. The van der Waals surface area contributed by atoms with E-state index in [0.29, 0.717) is 6.54 Å². The van der Waals surface area contributed by atoms with Gasteiger partial charge >= 0.3 is 6.36 Å². The van der Waals surface area contributed by atoms with Crippen molar-refractivity contribution in [3.05, 3.63) is 48.3 Å². The first-order chi connectivity index (χ1) is 9.92. The highest BCUT2D eigenvalue weighted by Gasteiger charge is 2.30. The fraction of sp³-hybridized carbons (Fsp3) is 0.357. The Labute approximate surface area is 120 Å². The molecule has 1 aromatic carbocycles. The summed E-state index contributed by atoms with van der Waals surface area (Å²) in [5.74, 6) is -0.212. The van der Waals surface area contributed by atoms with Crippen LogP contribution in [0.15, 0.2) is 42.7 Å². The van der Waals surface area contributed by atoms with E-state index in [0.717, 1.165) is 12.1 Å². The SMILES string of the molecule is CC(Cn1cccn1)NCc1ccc(OC(F)(F)F)cc1. The second-order valence-electron chi connectivity index (χ2n) is 4.70. The van der Waals surface area contributed by atoms with Crippen molar-refractivity contribution < 1.29 is 17.9 Å². The minimum Gasteiger partial charge on any atom is -0.406 e. The summed E-state index contributed by atoms with van der Waals surface area (Å²) in [6.07, 6.45) is -1.06. The highest BCUT2D eigenvalue weighted by Crippen LogP contribution is 2.22. The average Bonchev–Trinajstić information content (AvgIpc) is 2.89. The molecule has 0 radical (unpaired) electrons. The quantitative estimate of drug-likeness (QED) is 0.891. The van der Waals surface area contributed by atoms with Crippen molar-refractivity contribution in [2.45, 2.75) is 32.4 Å². The van der Waals surface area contributed by atoms with Gasteiger partial charge in [0.25, 0.3) is 0 Å².